The summed E-state index contributed by atoms with van der Waals surface area (Å²) in [5.74, 6) is 0. The minimum Gasteiger partial charge on any atom is -0.273 e. The van der Waals surface area contributed by atoms with Gasteiger partial charge in [-0.3, -0.25) is 12.2 Å². The molecule has 0 saturated heterocycles. The van der Waals surface area contributed by atoms with E-state index in [-0.39, 0.29) is 22.4 Å². The molecule has 14 heavy (non-hydrogen) atoms. The summed E-state index contributed by atoms with van der Waals surface area (Å²) in [6.07, 6.45) is 21.5. The molecular weight excluding hydrogens is 249 g/mol. The molecule has 0 fully saturated rings. The van der Waals surface area contributed by atoms with E-state index in [2.05, 4.69) is 37.8 Å². The first kappa shape index (κ1) is 15.8. The van der Waals surface area contributed by atoms with E-state index >= 15 is 0 Å². The van der Waals surface area contributed by atoms with Gasteiger partial charge < -0.3 is 0 Å². The first-order valence-electron chi connectivity index (χ1n) is 4.25. The predicted molar refractivity (Wildman–Crippen MR) is 58.7 cm³/mol. The summed E-state index contributed by atoms with van der Waals surface area (Å²) in [5, 5.41) is 0. The molecule has 0 aromatic rings. The van der Waals surface area contributed by atoms with E-state index in [1.54, 1.807) is 0 Å². The van der Waals surface area contributed by atoms with E-state index < -0.39 is 0 Å². The third-order valence-electron chi connectivity index (χ3n) is 1.17. The van der Waals surface area contributed by atoms with E-state index in [0.29, 0.717) is 0 Å². The monoisotopic (exact) mass is 264 g/mol. The van der Waals surface area contributed by atoms with E-state index in [4.69, 9.17) is 0 Å². The van der Waals surface area contributed by atoms with Gasteiger partial charge in [0.15, 0.2) is 0 Å². The fourth-order valence-corrected chi connectivity index (χ4v) is 0.680. The zero-order valence-corrected chi connectivity index (χ0v) is 10.5. The number of hydrogen-bond acceptors (Lipinski definition) is 0. The van der Waals surface area contributed by atoms with Crippen LogP contribution in [0.25, 0.3) is 0 Å². The quantitative estimate of drug-likeness (QED) is 0.463. The first-order chi connectivity index (χ1) is 6.41. The molecule has 72 valence electrons. The second kappa shape index (κ2) is 14.8. The van der Waals surface area contributed by atoms with Crippen molar-refractivity contribution in [2.75, 3.05) is 0 Å². The molecule has 0 radical (unpaired) electrons. The number of allylic oxidation sites excluding steroid dienone is 9. The Hall–Kier alpha value is -0.690. The zero-order chi connectivity index (χ0) is 9.78. The fourth-order valence-electron chi connectivity index (χ4n) is 0.680. The van der Waals surface area contributed by atoms with Crippen LogP contribution in [0.1, 0.15) is 12.8 Å². The third kappa shape index (κ3) is 13.9. The maximum Gasteiger partial charge on any atom is 3.00 e. The SMILES string of the molecule is C=C[CH2-].[C-]1=CC=CC1.[C-]1=CC=CC1.[Nb+3]. The van der Waals surface area contributed by atoms with Crippen LogP contribution in [0.3, 0.4) is 0 Å². The van der Waals surface area contributed by atoms with Crippen molar-refractivity contribution < 1.29 is 22.4 Å². The van der Waals surface area contributed by atoms with Crippen molar-refractivity contribution in [1.82, 2.24) is 0 Å². The maximum atomic E-state index is 3.25. The summed E-state index contributed by atoms with van der Waals surface area (Å²) in [6.45, 7) is 6.50. The van der Waals surface area contributed by atoms with E-state index in [1.165, 1.54) is 6.08 Å². The van der Waals surface area contributed by atoms with Gasteiger partial charge in [-0.25, -0.2) is 43.9 Å². The molecule has 0 heterocycles. The van der Waals surface area contributed by atoms with Gasteiger partial charge in [0.05, 0.1) is 0 Å². The normalized spacial score (nSPS) is 13.4. The van der Waals surface area contributed by atoms with Crippen molar-refractivity contribution in [2.24, 2.45) is 0 Å². The number of hydrogen-bond donors (Lipinski definition) is 0. The summed E-state index contributed by atoms with van der Waals surface area (Å²) in [5.41, 5.74) is 0. The topological polar surface area (TPSA) is 0 Å². The van der Waals surface area contributed by atoms with Crippen LogP contribution in [0.2, 0.25) is 0 Å². The van der Waals surface area contributed by atoms with Crippen molar-refractivity contribution in [3.8, 4) is 0 Å². The minimum absolute atomic E-state index is 0. The van der Waals surface area contributed by atoms with Gasteiger partial charge in [-0.05, 0) is 0 Å². The van der Waals surface area contributed by atoms with Crippen LogP contribution in [0.4, 0.5) is 0 Å². The van der Waals surface area contributed by atoms with Gasteiger partial charge in [0, 0.05) is 0 Å². The van der Waals surface area contributed by atoms with Gasteiger partial charge in [0.1, 0.15) is 0 Å². The van der Waals surface area contributed by atoms with Crippen molar-refractivity contribution >= 4 is 0 Å². The van der Waals surface area contributed by atoms with E-state index in [9.17, 15) is 0 Å². The zero-order valence-electron chi connectivity index (χ0n) is 8.32. The molecule has 2 aliphatic rings. The Morgan fingerprint density at radius 1 is 1.07 bits per heavy atom. The van der Waals surface area contributed by atoms with Crippen LogP contribution in [0.5, 0.6) is 0 Å². The van der Waals surface area contributed by atoms with Gasteiger partial charge in [-0.2, -0.15) is 12.2 Å². The Morgan fingerprint density at radius 3 is 1.50 bits per heavy atom. The minimum atomic E-state index is 0. The molecule has 0 aliphatic heterocycles. The molecule has 1 heteroatoms. The smallest absolute Gasteiger partial charge is 0.273 e. The molecule has 0 nitrogen and oxygen atoms in total. The molecule has 2 aliphatic carbocycles. The second-order valence-electron chi connectivity index (χ2n) is 2.29. The molecule has 2 rings (SSSR count). The van der Waals surface area contributed by atoms with Crippen LogP contribution in [0.15, 0.2) is 49.1 Å². The van der Waals surface area contributed by atoms with Crippen LogP contribution in [-0.2, 0) is 22.4 Å². The molecule has 0 atom stereocenters. The van der Waals surface area contributed by atoms with Gasteiger partial charge in [-0.1, -0.05) is 0 Å². The predicted octanol–water partition coefficient (Wildman–Crippen LogP) is 3.62. The van der Waals surface area contributed by atoms with Crippen molar-refractivity contribution in [3.63, 3.8) is 0 Å². The van der Waals surface area contributed by atoms with Crippen molar-refractivity contribution in [1.29, 1.82) is 0 Å². The Labute approximate surface area is 103 Å². The maximum absolute atomic E-state index is 3.25. The van der Waals surface area contributed by atoms with Gasteiger partial charge >= 0.3 is 22.4 Å². The van der Waals surface area contributed by atoms with Crippen molar-refractivity contribution in [2.45, 2.75) is 12.8 Å². The van der Waals surface area contributed by atoms with Gasteiger partial charge in [0.2, 0.25) is 0 Å². The molecule has 0 unspecified atom stereocenters. The Balaban J connectivity index is 0. The molecular formula is C13H15Nb. The average Bonchev–Trinajstić information content (AvgIpc) is 2.85. The standard InChI is InChI=1S/2C5H5.C3H5.Nb/c2*1-2-4-5-3-1;1-3-2;/h2*1-3H,4H2;3H,1-2H2;/q3*-1;+3. The van der Waals surface area contributed by atoms with Gasteiger partial charge in [0.25, 0.3) is 0 Å². The Morgan fingerprint density at radius 2 is 1.43 bits per heavy atom. The summed E-state index contributed by atoms with van der Waals surface area (Å²) in [6, 6.07) is 0. The third-order valence-corrected chi connectivity index (χ3v) is 1.17. The summed E-state index contributed by atoms with van der Waals surface area (Å²) >= 11 is 0. The Kier molecular flexibility index (Phi) is 16.7. The molecule has 0 bridgehead atoms. The molecule has 0 spiro atoms. The number of rotatable bonds is 0. The van der Waals surface area contributed by atoms with E-state index in [1.807, 2.05) is 24.3 Å². The van der Waals surface area contributed by atoms with Crippen molar-refractivity contribution in [3.05, 3.63) is 68.2 Å². The molecule has 0 amide bonds. The van der Waals surface area contributed by atoms with Crippen LogP contribution in [0, 0.1) is 19.1 Å². The second-order valence-corrected chi connectivity index (χ2v) is 2.29. The Bertz CT molecular complexity index is 177. The van der Waals surface area contributed by atoms with E-state index in [0.717, 1.165) is 12.8 Å². The molecule has 0 N–H and O–H groups in total. The molecule has 0 aromatic carbocycles. The summed E-state index contributed by atoms with van der Waals surface area (Å²) in [7, 11) is 0. The fraction of sp³-hybridized carbons (Fsp3) is 0.154. The van der Waals surface area contributed by atoms with Crippen LogP contribution in [-0.4, -0.2) is 0 Å². The average molecular weight is 264 g/mol. The van der Waals surface area contributed by atoms with Gasteiger partial charge in [-0.15, -0.1) is 12.8 Å². The largest absolute Gasteiger partial charge is 3.00 e. The summed E-state index contributed by atoms with van der Waals surface area (Å²) < 4.78 is 0. The van der Waals surface area contributed by atoms with Crippen LogP contribution >= 0.6 is 0 Å². The summed E-state index contributed by atoms with van der Waals surface area (Å²) in [4.78, 5) is 0. The molecule has 0 saturated carbocycles. The van der Waals surface area contributed by atoms with Crippen LogP contribution < -0.4 is 0 Å². The molecule has 0 aromatic heterocycles. The first-order valence-corrected chi connectivity index (χ1v) is 4.25.